The van der Waals surface area contributed by atoms with Gasteiger partial charge in [0.15, 0.2) is 5.01 Å². The quantitative estimate of drug-likeness (QED) is 0.776. The van der Waals surface area contributed by atoms with Gasteiger partial charge >= 0.3 is 0 Å². The first kappa shape index (κ1) is 10.6. The van der Waals surface area contributed by atoms with Gasteiger partial charge in [-0.15, -0.1) is 21.8 Å². The van der Waals surface area contributed by atoms with Crippen LogP contribution < -0.4 is 0 Å². The summed E-state index contributed by atoms with van der Waals surface area (Å²) in [5.74, 6) is 2.37. The molecule has 0 saturated heterocycles. The fourth-order valence-corrected chi connectivity index (χ4v) is 2.58. The van der Waals surface area contributed by atoms with E-state index in [1.165, 1.54) is 0 Å². The predicted octanol–water partition coefficient (Wildman–Crippen LogP) is 3.20. The van der Waals surface area contributed by atoms with Crippen LogP contribution in [0.1, 0.15) is 16.5 Å². The van der Waals surface area contributed by atoms with E-state index in [-0.39, 0.29) is 0 Å². The highest BCUT2D eigenvalue weighted by atomic mass is 35.5. The van der Waals surface area contributed by atoms with Crippen molar-refractivity contribution in [1.29, 1.82) is 0 Å². The molecule has 2 aromatic heterocycles. The third-order valence-corrected chi connectivity index (χ3v) is 3.25. The van der Waals surface area contributed by atoms with Gasteiger partial charge in [0.05, 0.1) is 5.56 Å². The summed E-state index contributed by atoms with van der Waals surface area (Å²) in [5, 5.41) is 10.1. The summed E-state index contributed by atoms with van der Waals surface area (Å²) in [6, 6.07) is 1.99. The Morgan fingerprint density at radius 1 is 1.40 bits per heavy atom. The first-order valence-corrected chi connectivity index (χ1v) is 6.01. The van der Waals surface area contributed by atoms with Crippen molar-refractivity contribution in [2.24, 2.45) is 0 Å². The van der Waals surface area contributed by atoms with Crippen LogP contribution in [0.3, 0.4) is 0 Å². The molecule has 0 fully saturated rings. The van der Waals surface area contributed by atoms with Gasteiger partial charge in [0.2, 0.25) is 0 Å². The number of hydrogen-bond donors (Lipinski definition) is 0. The summed E-state index contributed by atoms with van der Waals surface area (Å²) in [6.45, 7) is 3.86. The molecule has 0 saturated carbocycles. The molecule has 0 aliphatic rings. The van der Waals surface area contributed by atoms with Crippen molar-refractivity contribution in [1.82, 2.24) is 10.2 Å². The number of nitrogens with zero attached hydrogens (tertiary/aromatic N) is 2. The standard InChI is InChI=1S/C10H11ClN2OS/c1-6-5-8(7(2)14-6)10-13-12-9(15-10)3-4-11/h5H,3-4H2,1-2H3. The molecular formula is C10H11ClN2OS. The van der Waals surface area contributed by atoms with Gasteiger partial charge in [-0.2, -0.15) is 0 Å². The second-order valence-corrected chi connectivity index (χ2v) is 4.71. The van der Waals surface area contributed by atoms with Gasteiger partial charge in [-0.05, 0) is 19.9 Å². The van der Waals surface area contributed by atoms with E-state index in [0.717, 1.165) is 33.5 Å². The summed E-state index contributed by atoms with van der Waals surface area (Å²) in [7, 11) is 0. The zero-order valence-corrected chi connectivity index (χ0v) is 10.2. The van der Waals surface area contributed by atoms with Crippen molar-refractivity contribution >= 4 is 22.9 Å². The molecule has 2 rings (SSSR count). The SMILES string of the molecule is Cc1cc(-c2nnc(CCCl)s2)c(C)o1. The molecule has 0 unspecified atom stereocenters. The number of halogens is 1. The van der Waals surface area contributed by atoms with E-state index in [1.807, 2.05) is 19.9 Å². The van der Waals surface area contributed by atoms with E-state index < -0.39 is 0 Å². The molecule has 0 bridgehead atoms. The van der Waals surface area contributed by atoms with Crippen LogP contribution in [-0.4, -0.2) is 16.1 Å². The largest absolute Gasteiger partial charge is 0.466 e. The predicted molar refractivity (Wildman–Crippen MR) is 61.5 cm³/mol. The van der Waals surface area contributed by atoms with Crippen LogP contribution in [0, 0.1) is 13.8 Å². The van der Waals surface area contributed by atoms with Crippen LogP contribution in [0.5, 0.6) is 0 Å². The van der Waals surface area contributed by atoms with Crippen molar-refractivity contribution < 1.29 is 4.42 Å². The van der Waals surface area contributed by atoms with Gasteiger partial charge in [0, 0.05) is 12.3 Å². The second kappa shape index (κ2) is 4.33. The normalized spacial score (nSPS) is 10.9. The van der Waals surface area contributed by atoms with Gasteiger partial charge in [-0.3, -0.25) is 0 Å². The molecule has 0 N–H and O–H groups in total. The number of aromatic nitrogens is 2. The number of aryl methyl sites for hydroxylation is 3. The minimum absolute atomic E-state index is 0.581. The third kappa shape index (κ3) is 2.21. The summed E-state index contributed by atoms with van der Waals surface area (Å²) < 4.78 is 5.45. The average Bonchev–Trinajstić information content (AvgIpc) is 2.73. The van der Waals surface area contributed by atoms with Crippen LogP contribution >= 0.6 is 22.9 Å². The average molecular weight is 243 g/mol. The molecule has 0 spiro atoms. The van der Waals surface area contributed by atoms with Gasteiger partial charge in [0.1, 0.15) is 16.5 Å². The van der Waals surface area contributed by atoms with Crippen LogP contribution in [-0.2, 0) is 6.42 Å². The highest BCUT2D eigenvalue weighted by molar-refractivity contribution is 7.14. The highest BCUT2D eigenvalue weighted by Crippen LogP contribution is 2.29. The Labute approximate surface area is 97.1 Å². The van der Waals surface area contributed by atoms with Gasteiger partial charge < -0.3 is 4.42 Å². The van der Waals surface area contributed by atoms with E-state index in [1.54, 1.807) is 11.3 Å². The maximum Gasteiger partial charge on any atom is 0.151 e. The third-order valence-electron chi connectivity index (χ3n) is 2.05. The Balaban J connectivity index is 2.32. The van der Waals surface area contributed by atoms with Crippen LogP contribution in [0.2, 0.25) is 0 Å². The zero-order valence-electron chi connectivity index (χ0n) is 8.58. The molecular weight excluding hydrogens is 232 g/mol. The number of furan rings is 1. The fraction of sp³-hybridized carbons (Fsp3) is 0.400. The molecule has 15 heavy (non-hydrogen) atoms. The molecule has 80 valence electrons. The Hall–Kier alpha value is -0.870. The van der Waals surface area contributed by atoms with Crippen LogP contribution in [0.4, 0.5) is 0 Å². The van der Waals surface area contributed by atoms with Crippen molar-refractivity contribution in [3.05, 3.63) is 22.6 Å². The molecule has 0 aliphatic heterocycles. The maximum atomic E-state index is 5.65. The van der Waals surface area contributed by atoms with Crippen molar-refractivity contribution in [3.63, 3.8) is 0 Å². The summed E-state index contributed by atoms with van der Waals surface area (Å²) >= 11 is 7.22. The minimum atomic E-state index is 0.581. The smallest absolute Gasteiger partial charge is 0.151 e. The Morgan fingerprint density at radius 3 is 2.80 bits per heavy atom. The second-order valence-electron chi connectivity index (χ2n) is 3.27. The molecule has 0 aliphatic carbocycles. The maximum absolute atomic E-state index is 5.65. The highest BCUT2D eigenvalue weighted by Gasteiger charge is 2.12. The van der Waals surface area contributed by atoms with E-state index in [0.29, 0.717) is 5.88 Å². The molecule has 2 aromatic rings. The summed E-state index contributed by atoms with van der Waals surface area (Å²) in [4.78, 5) is 0. The monoisotopic (exact) mass is 242 g/mol. The topological polar surface area (TPSA) is 38.9 Å². The van der Waals surface area contributed by atoms with Crippen LogP contribution in [0.15, 0.2) is 10.5 Å². The van der Waals surface area contributed by atoms with E-state index >= 15 is 0 Å². The Morgan fingerprint density at radius 2 is 2.20 bits per heavy atom. The lowest BCUT2D eigenvalue weighted by atomic mass is 10.2. The Kier molecular flexibility index (Phi) is 3.07. The summed E-state index contributed by atoms with van der Waals surface area (Å²) in [6.07, 6.45) is 0.773. The molecule has 5 heteroatoms. The first-order chi connectivity index (χ1) is 7.20. The lowest BCUT2D eigenvalue weighted by molar-refractivity contribution is 0.505. The molecule has 2 heterocycles. The lowest BCUT2D eigenvalue weighted by Gasteiger charge is -1.88. The molecule has 0 amide bonds. The Bertz CT molecular complexity index is 464. The number of hydrogen-bond acceptors (Lipinski definition) is 4. The van der Waals surface area contributed by atoms with Crippen LogP contribution in [0.25, 0.3) is 10.6 Å². The van der Waals surface area contributed by atoms with E-state index in [4.69, 9.17) is 16.0 Å². The van der Waals surface area contributed by atoms with E-state index in [2.05, 4.69) is 10.2 Å². The number of alkyl halides is 1. The minimum Gasteiger partial charge on any atom is -0.466 e. The fourth-order valence-electron chi connectivity index (χ4n) is 1.39. The molecule has 0 radical (unpaired) electrons. The summed E-state index contributed by atoms with van der Waals surface area (Å²) in [5.41, 5.74) is 1.03. The van der Waals surface area contributed by atoms with Gasteiger partial charge in [-0.1, -0.05) is 11.3 Å². The number of rotatable bonds is 3. The van der Waals surface area contributed by atoms with Crippen molar-refractivity contribution in [2.45, 2.75) is 20.3 Å². The van der Waals surface area contributed by atoms with Crippen molar-refractivity contribution in [3.8, 4) is 10.6 Å². The molecule has 0 aromatic carbocycles. The zero-order chi connectivity index (χ0) is 10.8. The van der Waals surface area contributed by atoms with Crippen molar-refractivity contribution in [2.75, 3.05) is 5.88 Å². The molecule has 0 atom stereocenters. The molecule has 3 nitrogen and oxygen atoms in total. The lowest BCUT2D eigenvalue weighted by Crippen LogP contribution is -1.82. The van der Waals surface area contributed by atoms with Gasteiger partial charge in [-0.25, -0.2) is 0 Å². The first-order valence-electron chi connectivity index (χ1n) is 4.66. The van der Waals surface area contributed by atoms with Gasteiger partial charge in [0.25, 0.3) is 0 Å². The van der Waals surface area contributed by atoms with E-state index in [9.17, 15) is 0 Å².